The SMILES string of the molecule is C=C/C(=C1/N=CC=CN1C)c1cn(CC(C)(CN)CCC)nc1-c1cc(C)ccc1C. The van der Waals surface area contributed by atoms with E-state index in [0.717, 1.165) is 47.6 Å². The minimum atomic E-state index is 0.000957. The number of rotatable bonds is 8. The van der Waals surface area contributed by atoms with E-state index in [1.54, 1.807) is 0 Å². The van der Waals surface area contributed by atoms with Crippen LogP contribution in [0.3, 0.4) is 0 Å². The van der Waals surface area contributed by atoms with Crippen molar-refractivity contribution in [2.45, 2.75) is 47.1 Å². The van der Waals surface area contributed by atoms with Crippen LogP contribution in [0.1, 0.15) is 43.4 Å². The molecular formula is C26H35N5. The third-order valence-corrected chi connectivity index (χ3v) is 5.96. The van der Waals surface area contributed by atoms with Crippen molar-refractivity contribution in [2.75, 3.05) is 13.6 Å². The summed E-state index contributed by atoms with van der Waals surface area (Å²) in [6.45, 7) is 14.2. The molecule has 0 spiro atoms. The Labute approximate surface area is 186 Å². The molecule has 0 aliphatic carbocycles. The van der Waals surface area contributed by atoms with Crippen LogP contribution in [0, 0.1) is 19.3 Å². The van der Waals surface area contributed by atoms with Crippen molar-refractivity contribution in [1.29, 1.82) is 0 Å². The van der Waals surface area contributed by atoms with Crippen molar-refractivity contribution in [3.05, 3.63) is 71.8 Å². The Morgan fingerprint density at radius 2 is 2.06 bits per heavy atom. The highest BCUT2D eigenvalue weighted by Crippen LogP contribution is 2.35. The molecular weight excluding hydrogens is 382 g/mol. The van der Waals surface area contributed by atoms with E-state index in [4.69, 9.17) is 10.8 Å². The predicted octanol–water partition coefficient (Wildman–Crippen LogP) is 5.32. The molecule has 1 aliphatic heterocycles. The average molecular weight is 418 g/mol. The Bertz CT molecular complexity index is 1040. The van der Waals surface area contributed by atoms with Crippen LogP contribution in [0.5, 0.6) is 0 Å². The van der Waals surface area contributed by atoms with Crippen molar-refractivity contribution in [3.8, 4) is 11.3 Å². The van der Waals surface area contributed by atoms with Crippen molar-refractivity contribution < 1.29 is 0 Å². The summed E-state index contributed by atoms with van der Waals surface area (Å²) in [6.07, 6.45) is 11.9. The second kappa shape index (κ2) is 9.48. The zero-order valence-electron chi connectivity index (χ0n) is 19.5. The number of allylic oxidation sites excluding steroid dienone is 3. The molecule has 5 heteroatoms. The number of hydrogen-bond donors (Lipinski definition) is 1. The summed E-state index contributed by atoms with van der Waals surface area (Å²) >= 11 is 0. The molecule has 1 aromatic carbocycles. The molecule has 1 atom stereocenters. The van der Waals surface area contributed by atoms with E-state index >= 15 is 0 Å². The maximum Gasteiger partial charge on any atom is 0.140 e. The minimum Gasteiger partial charge on any atom is -0.336 e. The highest BCUT2D eigenvalue weighted by molar-refractivity contribution is 5.87. The summed E-state index contributed by atoms with van der Waals surface area (Å²) in [6, 6.07) is 6.50. The lowest BCUT2D eigenvalue weighted by Gasteiger charge is -2.27. The molecule has 0 bridgehead atoms. The lowest BCUT2D eigenvalue weighted by molar-refractivity contribution is 0.246. The molecule has 2 aromatic rings. The van der Waals surface area contributed by atoms with Gasteiger partial charge < -0.3 is 10.6 Å². The Morgan fingerprint density at radius 1 is 1.29 bits per heavy atom. The largest absolute Gasteiger partial charge is 0.336 e. The van der Waals surface area contributed by atoms with E-state index in [1.807, 2.05) is 36.5 Å². The molecule has 2 N–H and O–H groups in total. The number of aromatic nitrogens is 2. The zero-order valence-corrected chi connectivity index (χ0v) is 19.5. The number of benzene rings is 1. The van der Waals surface area contributed by atoms with Gasteiger partial charge in [-0.05, 0) is 49.9 Å². The van der Waals surface area contributed by atoms with E-state index in [-0.39, 0.29) is 5.41 Å². The van der Waals surface area contributed by atoms with Crippen molar-refractivity contribution >= 4 is 11.8 Å². The van der Waals surface area contributed by atoms with E-state index in [9.17, 15) is 0 Å². The van der Waals surface area contributed by atoms with Gasteiger partial charge in [-0.25, -0.2) is 4.99 Å². The van der Waals surface area contributed by atoms with Gasteiger partial charge in [-0.1, -0.05) is 50.6 Å². The fourth-order valence-electron chi connectivity index (χ4n) is 4.15. The highest BCUT2D eigenvalue weighted by atomic mass is 15.3. The second-order valence-corrected chi connectivity index (χ2v) is 8.84. The number of hydrogen-bond acceptors (Lipinski definition) is 4. The van der Waals surface area contributed by atoms with E-state index < -0.39 is 0 Å². The van der Waals surface area contributed by atoms with Gasteiger partial charge in [0.15, 0.2) is 0 Å². The standard InChI is InChI=1S/C26H35N5/c1-7-12-26(5,17-27)18-31-16-23(21(8-2)25-28-13-9-14-30(25)6)24(29-31)22-15-19(3)10-11-20(22)4/h8-11,13-16H,2,7,12,17-18,27H2,1,3-6H3/b25-21+. The summed E-state index contributed by atoms with van der Waals surface area (Å²) in [5, 5.41) is 5.08. The summed E-state index contributed by atoms with van der Waals surface area (Å²) < 4.78 is 2.06. The van der Waals surface area contributed by atoms with Gasteiger partial charge in [0.25, 0.3) is 0 Å². The lowest BCUT2D eigenvalue weighted by atomic mass is 9.86. The molecule has 0 saturated carbocycles. The van der Waals surface area contributed by atoms with E-state index in [0.29, 0.717) is 6.54 Å². The molecule has 2 heterocycles. The van der Waals surface area contributed by atoms with E-state index in [1.165, 1.54) is 11.1 Å². The molecule has 0 amide bonds. The topological polar surface area (TPSA) is 59.4 Å². The molecule has 0 fully saturated rings. The normalized spacial score (nSPS) is 17.0. The highest BCUT2D eigenvalue weighted by Gasteiger charge is 2.25. The first-order valence-corrected chi connectivity index (χ1v) is 11.0. The Kier molecular flexibility index (Phi) is 6.96. The lowest BCUT2D eigenvalue weighted by Crippen LogP contribution is -2.32. The van der Waals surface area contributed by atoms with Crippen molar-refractivity contribution in [3.63, 3.8) is 0 Å². The summed E-state index contributed by atoms with van der Waals surface area (Å²) in [5.74, 6) is 0.860. The Morgan fingerprint density at radius 3 is 2.71 bits per heavy atom. The van der Waals surface area contributed by atoms with Gasteiger partial charge in [-0.3, -0.25) is 4.68 Å². The van der Waals surface area contributed by atoms with Gasteiger partial charge in [-0.2, -0.15) is 5.10 Å². The summed E-state index contributed by atoms with van der Waals surface area (Å²) in [5.41, 5.74) is 12.7. The number of nitrogens with zero attached hydrogens (tertiary/aromatic N) is 4. The van der Waals surface area contributed by atoms with Crippen LogP contribution >= 0.6 is 0 Å². The van der Waals surface area contributed by atoms with Gasteiger partial charge in [0.05, 0.1) is 0 Å². The fourth-order valence-corrected chi connectivity index (χ4v) is 4.15. The first kappa shape index (κ1) is 22.8. The number of aliphatic imine (C=N–C) groups is 1. The molecule has 0 saturated heterocycles. The van der Waals surface area contributed by atoms with Crippen LogP contribution in [0.4, 0.5) is 0 Å². The average Bonchev–Trinajstić information content (AvgIpc) is 3.14. The van der Waals surface area contributed by atoms with Gasteiger partial charge in [0.2, 0.25) is 0 Å². The number of aryl methyl sites for hydroxylation is 2. The first-order valence-electron chi connectivity index (χ1n) is 11.0. The second-order valence-electron chi connectivity index (χ2n) is 8.84. The first-order chi connectivity index (χ1) is 14.8. The van der Waals surface area contributed by atoms with Crippen LogP contribution in [0.2, 0.25) is 0 Å². The molecule has 0 radical (unpaired) electrons. The van der Waals surface area contributed by atoms with Gasteiger partial charge in [-0.15, -0.1) is 0 Å². The molecule has 1 unspecified atom stereocenters. The third-order valence-electron chi connectivity index (χ3n) is 5.96. The Hall–Kier alpha value is -2.92. The van der Waals surface area contributed by atoms with Crippen molar-refractivity contribution in [1.82, 2.24) is 14.7 Å². The van der Waals surface area contributed by atoms with Gasteiger partial charge in [0, 0.05) is 48.9 Å². The van der Waals surface area contributed by atoms with Crippen LogP contribution in [-0.2, 0) is 6.54 Å². The molecule has 5 nitrogen and oxygen atoms in total. The Balaban J connectivity index is 2.21. The third kappa shape index (κ3) is 4.88. The summed E-state index contributed by atoms with van der Waals surface area (Å²) in [7, 11) is 2.00. The van der Waals surface area contributed by atoms with E-state index in [2.05, 4.69) is 68.3 Å². The van der Waals surface area contributed by atoms with Crippen molar-refractivity contribution in [2.24, 2.45) is 16.1 Å². The quantitative estimate of drug-likeness (QED) is 0.633. The van der Waals surface area contributed by atoms with Crippen LogP contribution in [0.25, 0.3) is 16.8 Å². The van der Waals surface area contributed by atoms with Crippen LogP contribution in [0.15, 0.2) is 60.1 Å². The van der Waals surface area contributed by atoms with Crippen LogP contribution in [-0.4, -0.2) is 34.5 Å². The zero-order chi connectivity index (χ0) is 22.6. The summed E-state index contributed by atoms with van der Waals surface area (Å²) in [4.78, 5) is 6.64. The smallest absolute Gasteiger partial charge is 0.140 e. The number of nitrogens with two attached hydrogens (primary N) is 1. The predicted molar refractivity (Wildman–Crippen MR) is 132 cm³/mol. The molecule has 1 aromatic heterocycles. The maximum absolute atomic E-state index is 6.16. The maximum atomic E-state index is 6.16. The molecule has 1 aliphatic rings. The van der Waals surface area contributed by atoms with Gasteiger partial charge >= 0.3 is 0 Å². The monoisotopic (exact) mass is 417 g/mol. The minimum absolute atomic E-state index is 0.000957. The molecule has 31 heavy (non-hydrogen) atoms. The molecule has 164 valence electrons. The molecule has 3 rings (SSSR count). The van der Waals surface area contributed by atoms with Gasteiger partial charge in [0.1, 0.15) is 11.5 Å². The van der Waals surface area contributed by atoms with Crippen LogP contribution < -0.4 is 5.73 Å². The fraction of sp³-hybridized carbons (Fsp3) is 0.385.